The Balaban J connectivity index is 3.01. The molecule has 0 aromatic carbocycles. The molecule has 0 spiro atoms. The molecule has 2 aromatic heterocycles. The van der Waals surface area contributed by atoms with Gasteiger partial charge >= 0.3 is 5.69 Å². The molecule has 0 saturated carbocycles. The summed E-state index contributed by atoms with van der Waals surface area (Å²) in [5.74, 6) is 2.86. The van der Waals surface area contributed by atoms with Crippen LogP contribution in [0.15, 0.2) is 9.59 Å². The van der Waals surface area contributed by atoms with E-state index >= 15 is 0 Å². The van der Waals surface area contributed by atoms with Crippen LogP contribution in [0.4, 0.5) is 0 Å². The molecular formula is C10H10N4O2. The number of imidazole rings is 1. The molecule has 0 amide bonds. The van der Waals surface area contributed by atoms with Crippen molar-refractivity contribution in [2.45, 2.75) is 13.5 Å². The third-order valence-corrected chi connectivity index (χ3v) is 2.35. The van der Waals surface area contributed by atoms with Crippen molar-refractivity contribution in [3.8, 4) is 12.3 Å². The lowest BCUT2D eigenvalue weighted by Crippen LogP contribution is -2.38. The zero-order chi connectivity index (χ0) is 11.9. The maximum atomic E-state index is 11.9. The molecule has 0 fully saturated rings. The van der Waals surface area contributed by atoms with Crippen molar-refractivity contribution in [3.05, 3.63) is 26.7 Å². The highest BCUT2D eigenvalue weighted by molar-refractivity contribution is 5.69. The topological polar surface area (TPSA) is 72.7 Å². The Hall–Kier alpha value is -2.29. The Morgan fingerprint density at radius 3 is 2.81 bits per heavy atom. The van der Waals surface area contributed by atoms with Crippen molar-refractivity contribution in [2.75, 3.05) is 0 Å². The van der Waals surface area contributed by atoms with Crippen molar-refractivity contribution < 1.29 is 0 Å². The summed E-state index contributed by atoms with van der Waals surface area (Å²) in [4.78, 5) is 30.6. The van der Waals surface area contributed by atoms with E-state index in [2.05, 4.69) is 15.9 Å². The number of hydrogen-bond acceptors (Lipinski definition) is 3. The molecule has 2 heterocycles. The fourth-order valence-electron chi connectivity index (χ4n) is 1.60. The molecule has 0 aliphatic carbocycles. The van der Waals surface area contributed by atoms with E-state index in [-0.39, 0.29) is 6.54 Å². The summed E-state index contributed by atoms with van der Waals surface area (Å²) >= 11 is 0. The lowest BCUT2D eigenvalue weighted by atomic mass is 10.5. The van der Waals surface area contributed by atoms with Crippen LogP contribution in [0, 0.1) is 19.3 Å². The Morgan fingerprint density at radius 1 is 1.50 bits per heavy atom. The van der Waals surface area contributed by atoms with Crippen molar-refractivity contribution in [3.63, 3.8) is 0 Å². The van der Waals surface area contributed by atoms with Crippen molar-refractivity contribution in [1.82, 2.24) is 19.1 Å². The second-order valence-electron chi connectivity index (χ2n) is 3.46. The van der Waals surface area contributed by atoms with Gasteiger partial charge in [0.1, 0.15) is 11.3 Å². The molecule has 1 N–H and O–H groups in total. The molecule has 0 unspecified atom stereocenters. The van der Waals surface area contributed by atoms with Gasteiger partial charge < -0.3 is 4.98 Å². The van der Waals surface area contributed by atoms with Gasteiger partial charge in [-0.1, -0.05) is 5.92 Å². The number of aryl methyl sites for hydroxylation is 2. The standard InChI is InChI=1S/C10H10N4O2/c1-4-5-14-9(15)7-8(12-6(2)11-7)13(3)10(14)16/h1H,5H2,2-3H3,(H,11,12). The lowest BCUT2D eigenvalue weighted by Gasteiger charge is -2.03. The predicted octanol–water partition coefficient (Wildman–Crippen LogP) is -0.635. The monoisotopic (exact) mass is 218 g/mol. The van der Waals surface area contributed by atoms with Gasteiger partial charge in [-0.25, -0.2) is 14.3 Å². The van der Waals surface area contributed by atoms with Crippen LogP contribution in [0.3, 0.4) is 0 Å². The summed E-state index contributed by atoms with van der Waals surface area (Å²) in [6.07, 6.45) is 5.11. The van der Waals surface area contributed by atoms with E-state index in [1.807, 2.05) is 0 Å². The van der Waals surface area contributed by atoms with E-state index in [9.17, 15) is 9.59 Å². The molecule has 2 rings (SSSR count). The summed E-state index contributed by atoms with van der Waals surface area (Å²) in [6, 6.07) is 0. The first-order valence-electron chi connectivity index (χ1n) is 4.66. The smallest absolute Gasteiger partial charge is 0.333 e. The second-order valence-corrected chi connectivity index (χ2v) is 3.46. The van der Waals surface area contributed by atoms with Gasteiger partial charge in [0.25, 0.3) is 5.56 Å². The van der Waals surface area contributed by atoms with Gasteiger partial charge in [-0.3, -0.25) is 9.36 Å². The molecule has 0 radical (unpaired) electrons. The number of terminal acetylenes is 1. The summed E-state index contributed by atoms with van der Waals surface area (Å²) in [5.41, 5.74) is -0.241. The van der Waals surface area contributed by atoms with Crippen molar-refractivity contribution >= 4 is 11.2 Å². The first-order valence-corrected chi connectivity index (χ1v) is 4.66. The molecule has 6 heteroatoms. The fourth-order valence-corrected chi connectivity index (χ4v) is 1.60. The highest BCUT2D eigenvalue weighted by atomic mass is 16.2. The van der Waals surface area contributed by atoms with Gasteiger partial charge in [0, 0.05) is 7.05 Å². The van der Waals surface area contributed by atoms with Crippen molar-refractivity contribution in [1.29, 1.82) is 0 Å². The number of H-pyrrole nitrogens is 1. The number of aromatic nitrogens is 4. The molecule has 16 heavy (non-hydrogen) atoms. The quantitative estimate of drug-likeness (QED) is 0.647. The average Bonchev–Trinajstić information content (AvgIpc) is 2.64. The van der Waals surface area contributed by atoms with E-state index in [4.69, 9.17) is 6.42 Å². The lowest BCUT2D eigenvalue weighted by molar-refractivity contribution is 0.676. The molecule has 2 aromatic rings. The van der Waals surface area contributed by atoms with Gasteiger partial charge in [0.2, 0.25) is 0 Å². The molecule has 82 valence electrons. The van der Waals surface area contributed by atoms with Gasteiger partial charge in [0.05, 0.1) is 6.54 Å². The van der Waals surface area contributed by atoms with Crippen LogP contribution in [-0.2, 0) is 13.6 Å². The minimum Gasteiger partial charge on any atom is -0.336 e. The normalized spacial score (nSPS) is 10.6. The Kier molecular flexibility index (Phi) is 2.16. The Bertz CT molecular complexity index is 711. The van der Waals surface area contributed by atoms with E-state index < -0.39 is 11.2 Å². The van der Waals surface area contributed by atoms with Gasteiger partial charge in [-0.2, -0.15) is 0 Å². The van der Waals surface area contributed by atoms with E-state index in [0.717, 1.165) is 4.57 Å². The van der Waals surface area contributed by atoms with Crippen LogP contribution in [0.5, 0.6) is 0 Å². The summed E-state index contributed by atoms with van der Waals surface area (Å²) < 4.78 is 2.30. The molecular weight excluding hydrogens is 208 g/mol. The maximum absolute atomic E-state index is 11.9. The van der Waals surface area contributed by atoms with Gasteiger partial charge in [-0.05, 0) is 6.92 Å². The highest BCUT2D eigenvalue weighted by Crippen LogP contribution is 2.02. The fraction of sp³-hybridized carbons (Fsp3) is 0.300. The average molecular weight is 218 g/mol. The third kappa shape index (κ3) is 1.26. The van der Waals surface area contributed by atoms with Crippen LogP contribution >= 0.6 is 0 Å². The molecule has 0 bridgehead atoms. The van der Waals surface area contributed by atoms with Crippen molar-refractivity contribution in [2.24, 2.45) is 7.05 Å². The summed E-state index contributed by atoms with van der Waals surface area (Å²) in [7, 11) is 1.55. The van der Waals surface area contributed by atoms with Gasteiger partial charge in [-0.15, -0.1) is 6.42 Å². The molecule has 0 aliphatic heterocycles. The number of hydrogen-bond donors (Lipinski definition) is 1. The first-order chi connectivity index (χ1) is 7.56. The molecule has 0 aliphatic rings. The zero-order valence-corrected chi connectivity index (χ0v) is 8.94. The van der Waals surface area contributed by atoms with Crippen LogP contribution in [-0.4, -0.2) is 19.1 Å². The van der Waals surface area contributed by atoms with E-state index in [1.54, 1.807) is 14.0 Å². The molecule has 0 saturated heterocycles. The van der Waals surface area contributed by atoms with E-state index in [1.165, 1.54) is 4.57 Å². The van der Waals surface area contributed by atoms with E-state index in [0.29, 0.717) is 17.0 Å². The number of nitrogens with zero attached hydrogens (tertiary/aromatic N) is 3. The number of rotatable bonds is 1. The minimum atomic E-state index is -0.457. The largest absolute Gasteiger partial charge is 0.336 e. The van der Waals surface area contributed by atoms with Crippen LogP contribution in [0.2, 0.25) is 0 Å². The predicted molar refractivity (Wildman–Crippen MR) is 59.2 cm³/mol. The molecule has 0 atom stereocenters. The first kappa shape index (κ1) is 10.2. The number of nitrogens with one attached hydrogen (secondary N) is 1. The summed E-state index contributed by atoms with van der Waals surface area (Å²) in [5, 5.41) is 0. The third-order valence-electron chi connectivity index (χ3n) is 2.35. The van der Waals surface area contributed by atoms with Gasteiger partial charge in [0.15, 0.2) is 5.65 Å². The number of aromatic amines is 1. The molecule has 6 nitrogen and oxygen atoms in total. The Morgan fingerprint density at radius 2 is 2.19 bits per heavy atom. The second kappa shape index (κ2) is 3.38. The summed E-state index contributed by atoms with van der Waals surface area (Å²) in [6.45, 7) is 1.68. The van der Waals surface area contributed by atoms with Crippen LogP contribution in [0.1, 0.15) is 5.82 Å². The zero-order valence-electron chi connectivity index (χ0n) is 8.94. The number of fused-ring (bicyclic) bond motifs is 1. The SMILES string of the molecule is C#CCn1c(=O)c2[nH]c(C)nc2n(C)c1=O. The Labute approximate surface area is 90.5 Å². The maximum Gasteiger partial charge on any atom is 0.333 e. The minimum absolute atomic E-state index is 0.0421. The highest BCUT2D eigenvalue weighted by Gasteiger charge is 2.12. The van der Waals surface area contributed by atoms with Crippen LogP contribution < -0.4 is 11.2 Å². The van der Waals surface area contributed by atoms with Crippen LogP contribution in [0.25, 0.3) is 11.2 Å².